The molecule has 0 spiro atoms. The van der Waals surface area contributed by atoms with Crippen molar-refractivity contribution in [1.29, 1.82) is 0 Å². The predicted molar refractivity (Wildman–Crippen MR) is 54.1 cm³/mol. The lowest BCUT2D eigenvalue weighted by atomic mass is 10.6. The molecule has 0 heterocycles. The van der Waals surface area contributed by atoms with Gasteiger partial charge in [-0.3, -0.25) is 0 Å². The molecule has 74 valence electrons. The topological polar surface area (TPSA) is 41.5 Å². The zero-order valence-electron chi connectivity index (χ0n) is 8.39. The second-order valence-electron chi connectivity index (χ2n) is 4.09. The largest absolute Gasteiger partial charge is 0.395 e. The Balaban J connectivity index is 3.01. The maximum atomic E-state index is 8.46. The first-order valence-electron chi connectivity index (χ1n) is 4.45. The molecule has 0 amide bonds. The third kappa shape index (κ3) is 10.1. The Hall–Kier alpha value is 0.0969. The molecule has 0 rings (SSSR count). The van der Waals surface area contributed by atoms with Crippen LogP contribution in [0.15, 0.2) is 0 Å². The Morgan fingerprint density at radius 3 is 2.42 bits per heavy atom. The zero-order valence-corrected chi connectivity index (χ0v) is 9.39. The maximum Gasteiger partial charge on any atom is 0.0746 e. The molecule has 0 aromatic carbocycles. The van der Waals surface area contributed by atoms with Gasteiger partial charge in [0.15, 0.2) is 0 Å². The number of aliphatic hydroxyl groups excluding tert-OH is 1. The highest BCUT2D eigenvalue weighted by Gasteiger charge is 2.12. The van der Waals surface area contributed by atoms with Gasteiger partial charge < -0.3 is 15.2 Å². The lowest BCUT2D eigenvalue weighted by Crippen LogP contribution is -2.31. The van der Waals surface area contributed by atoms with Crippen LogP contribution < -0.4 is 5.32 Å². The van der Waals surface area contributed by atoms with E-state index in [9.17, 15) is 0 Å². The van der Waals surface area contributed by atoms with Crippen LogP contribution in [-0.2, 0) is 4.74 Å². The molecular formula is C8H21NO2Si. The van der Waals surface area contributed by atoms with Crippen molar-refractivity contribution >= 4 is 8.07 Å². The minimum absolute atomic E-state index is 0.202. The molecule has 0 saturated heterocycles. The number of ether oxygens (including phenoxy) is 1. The molecule has 0 unspecified atom stereocenters. The third-order valence-corrected chi connectivity index (χ3v) is 2.32. The molecule has 0 aromatic rings. The summed E-state index contributed by atoms with van der Waals surface area (Å²) in [6, 6.07) is 0. The second-order valence-corrected chi connectivity index (χ2v) is 9.50. The summed E-state index contributed by atoms with van der Waals surface area (Å²) in [6.07, 6.45) is 0.924. The Kier molecular flexibility index (Phi) is 6.65. The van der Waals surface area contributed by atoms with Gasteiger partial charge >= 0.3 is 0 Å². The lowest BCUT2D eigenvalue weighted by Gasteiger charge is -2.15. The van der Waals surface area contributed by atoms with E-state index in [1.165, 1.54) is 0 Å². The maximum absolute atomic E-state index is 8.46. The van der Waals surface area contributed by atoms with Crippen LogP contribution in [0.4, 0.5) is 0 Å². The number of hydrogen-bond acceptors (Lipinski definition) is 3. The van der Waals surface area contributed by atoms with Gasteiger partial charge in [0.05, 0.1) is 21.3 Å². The van der Waals surface area contributed by atoms with Crippen molar-refractivity contribution in [1.82, 2.24) is 5.32 Å². The Labute approximate surface area is 76.1 Å². The van der Waals surface area contributed by atoms with Gasteiger partial charge in [0.25, 0.3) is 0 Å². The number of rotatable bonds is 7. The second kappa shape index (κ2) is 6.60. The molecule has 4 heteroatoms. The average Bonchev–Trinajstić information content (AvgIpc) is 1.94. The van der Waals surface area contributed by atoms with Crippen LogP contribution in [0.1, 0.15) is 0 Å². The molecule has 0 aromatic heterocycles. The Bertz CT molecular complexity index is 104. The van der Waals surface area contributed by atoms with Crippen LogP contribution >= 0.6 is 0 Å². The summed E-state index contributed by atoms with van der Waals surface area (Å²) in [5.41, 5.74) is 0. The van der Waals surface area contributed by atoms with Crippen molar-refractivity contribution in [2.24, 2.45) is 0 Å². The van der Waals surface area contributed by atoms with E-state index in [1.807, 2.05) is 0 Å². The van der Waals surface area contributed by atoms with Gasteiger partial charge in [0.2, 0.25) is 0 Å². The highest BCUT2D eigenvalue weighted by Crippen LogP contribution is 1.99. The van der Waals surface area contributed by atoms with E-state index in [4.69, 9.17) is 9.84 Å². The third-order valence-electron chi connectivity index (χ3n) is 1.25. The molecule has 12 heavy (non-hydrogen) atoms. The first kappa shape index (κ1) is 12.1. The quantitative estimate of drug-likeness (QED) is 0.454. The van der Waals surface area contributed by atoms with Gasteiger partial charge in [0, 0.05) is 19.3 Å². The summed E-state index contributed by atoms with van der Waals surface area (Å²) < 4.78 is 5.46. The van der Waals surface area contributed by atoms with Crippen LogP contribution in [0.25, 0.3) is 0 Å². The van der Waals surface area contributed by atoms with Gasteiger partial charge in [0.1, 0.15) is 0 Å². The number of nitrogens with one attached hydrogen (secondary N) is 1. The minimum Gasteiger partial charge on any atom is -0.395 e. The van der Waals surface area contributed by atoms with Crippen LogP contribution in [0.5, 0.6) is 0 Å². The smallest absolute Gasteiger partial charge is 0.0746 e. The molecule has 0 radical (unpaired) electrons. The molecule has 0 aliphatic carbocycles. The summed E-state index contributed by atoms with van der Waals surface area (Å²) in [4.78, 5) is 0. The SMILES string of the molecule is C[Si](C)(C)COCCNCCO. The molecule has 0 saturated carbocycles. The first-order chi connectivity index (χ1) is 5.56. The highest BCUT2D eigenvalue weighted by atomic mass is 28.3. The fourth-order valence-corrected chi connectivity index (χ4v) is 1.48. The van der Waals surface area contributed by atoms with E-state index in [-0.39, 0.29) is 6.61 Å². The molecule has 0 aliphatic rings. The summed E-state index contributed by atoms with van der Waals surface area (Å²) in [5, 5.41) is 11.5. The molecule has 0 fully saturated rings. The van der Waals surface area contributed by atoms with Crippen LogP contribution in [-0.4, -0.2) is 45.7 Å². The number of hydrogen-bond donors (Lipinski definition) is 2. The molecule has 0 atom stereocenters. The van der Waals surface area contributed by atoms with E-state index >= 15 is 0 Å². The Morgan fingerprint density at radius 2 is 1.92 bits per heavy atom. The summed E-state index contributed by atoms with van der Waals surface area (Å²) in [6.45, 7) is 9.32. The fourth-order valence-electron chi connectivity index (χ4n) is 0.727. The molecule has 0 bridgehead atoms. The Morgan fingerprint density at radius 1 is 1.25 bits per heavy atom. The molecule has 0 aliphatic heterocycles. The van der Waals surface area contributed by atoms with Crippen molar-refractivity contribution < 1.29 is 9.84 Å². The predicted octanol–water partition coefficient (Wildman–Crippen LogP) is 0.462. The molecule has 3 nitrogen and oxygen atoms in total. The van der Waals surface area contributed by atoms with Crippen LogP contribution in [0.3, 0.4) is 0 Å². The lowest BCUT2D eigenvalue weighted by molar-refractivity contribution is 0.172. The van der Waals surface area contributed by atoms with E-state index in [2.05, 4.69) is 25.0 Å². The summed E-state index contributed by atoms with van der Waals surface area (Å²) >= 11 is 0. The molecule has 2 N–H and O–H groups in total. The van der Waals surface area contributed by atoms with Crippen molar-refractivity contribution in [3.05, 3.63) is 0 Å². The minimum atomic E-state index is -1.03. The van der Waals surface area contributed by atoms with E-state index in [1.54, 1.807) is 0 Å². The zero-order chi connectivity index (χ0) is 9.45. The van der Waals surface area contributed by atoms with Crippen molar-refractivity contribution in [2.75, 3.05) is 32.5 Å². The number of aliphatic hydroxyl groups is 1. The van der Waals surface area contributed by atoms with Gasteiger partial charge in [-0.2, -0.15) is 0 Å². The van der Waals surface area contributed by atoms with E-state index in [0.717, 1.165) is 19.4 Å². The van der Waals surface area contributed by atoms with Crippen molar-refractivity contribution in [3.63, 3.8) is 0 Å². The van der Waals surface area contributed by atoms with Gasteiger partial charge in [-0.05, 0) is 0 Å². The highest BCUT2D eigenvalue weighted by molar-refractivity contribution is 6.76. The van der Waals surface area contributed by atoms with Crippen LogP contribution in [0, 0.1) is 0 Å². The average molecular weight is 191 g/mol. The van der Waals surface area contributed by atoms with Crippen LogP contribution in [0.2, 0.25) is 19.6 Å². The monoisotopic (exact) mass is 191 g/mol. The first-order valence-corrected chi connectivity index (χ1v) is 8.16. The van der Waals surface area contributed by atoms with Gasteiger partial charge in [-0.25, -0.2) is 0 Å². The normalized spacial score (nSPS) is 12.0. The van der Waals surface area contributed by atoms with Crippen molar-refractivity contribution in [3.8, 4) is 0 Å². The fraction of sp³-hybridized carbons (Fsp3) is 1.00. The summed E-state index contributed by atoms with van der Waals surface area (Å²) in [7, 11) is -1.03. The van der Waals surface area contributed by atoms with Gasteiger partial charge in [-0.15, -0.1) is 0 Å². The van der Waals surface area contributed by atoms with Gasteiger partial charge in [-0.1, -0.05) is 19.6 Å². The summed E-state index contributed by atoms with van der Waals surface area (Å²) in [5.74, 6) is 0. The van der Waals surface area contributed by atoms with E-state index < -0.39 is 8.07 Å². The van der Waals surface area contributed by atoms with Crippen molar-refractivity contribution in [2.45, 2.75) is 19.6 Å². The van der Waals surface area contributed by atoms with E-state index in [0.29, 0.717) is 6.54 Å². The molecular weight excluding hydrogens is 170 g/mol. The standard InChI is InChI=1S/C8H21NO2Si/c1-12(2,3)8-11-7-5-9-4-6-10/h9-10H,4-8H2,1-3H3.